The van der Waals surface area contributed by atoms with Crippen LogP contribution >= 0.6 is 0 Å². The van der Waals surface area contributed by atoms with E-state index in [1.165, 1.54) is 16.1 Å². The number of hydrogen-bond donors (Lipinski definition) is 0. The topological polar surface area (TPSA) is 45.1 Å². The number of fused-ring (bicyclic) bond motifs is 1. The Balaban J connectivity index is 2.11. The third-order valence-electron chi connectivity index (χ3n) is 4.68. The van der Waals surface area contributed by atoms with Crippen LogP contribution in [0, 0.1) is 0 Å². The summed E-state index contributed by atoms with van der Waals surface area (Å²) >= 11 is 0. The maximum atomic E-state index is 12.1. The lowest BCUT2D eigenvalue weighted by atomic mass is 9.90. The molecule has 0 spiro atoms. The van der Waals surface area contributed by atoms with Gasteiger partial charge in [0.1, 0.15) is 0 Å². The Morgan fingerprint density at radius 1 is 1.14 bits per heavy atom. The fourth-order valence-electron chi connectivity index (χ4n) is 3.83. The summed E-state index contributed by atoms with van der Waals surface area (Å²) in [6.07, 6.45) is 0.399. The van der Waals surface area contributed by atoms with Crippen LogP contribution in [0.15, 0.2) is 23.3 Å². The van der Waals surface area contributed by atoms with Gasteiger partial charge in [-0.15, -0.1) is 0 Å². The molecule has 5 nitrogen and oxygen atoms in total. The van der Waals surface area contributed by atoms with Gasteiger partial charge in [-0.05, 0) is 57.9 Å². The summed E-state index contributed by atoms with van der Waals surface area (Å²) in [4.78, 5) is 17.7. The van der Waals surface area contributed by atoms with Crippen molar-refractivity contribution >= 4 is 17.3 Å². The van der Waals surface area contributed by atoms with E-state index >= 15 is 0 Å². The standard InChI is InChI=1S/C17H23N3O2/c1-11-9-15(21)19(18-11)12-7-8-13-14(10-12)17(4,5)20(22-6)16(13,2)3/h7-8,10H,9H2,1-6H3. The number of rotatable bonds is 2. The Kier molecular flexibility index (Phi) is 3.20. The summed E-state index contributed by atoms with van der Waals surface area (Å²) in [6, 6.07) is 6.12. The van der Waals surface area contributed by atoms with Crippen molar-refractivity contribution in [2.45, 2.75) is 52.1 Å². The van der Waals surface area contributed by atoms with Crippen LogP contribution < -0.4 is 5.01 Å². The van der Waals surface area contributed by atoms with Crippen molar-refractivity contribution in [3.8, 4) is 0 Å². The number of carbonyl (C=O) groups is 1. The molecule has 22 heavy (non-hydrogen) atoms. The summed E-state index contributed by atoms with van der Waals surface area (Å²) in [5.41, 5.74) is 3.57. The van der Waals surface area contributed by atoms with Crippen LogP contribution in [0.2, 0.25) is 0 Å². The van der Waals surface area contributed by atoms with E-state index in [2.05, 4.69) is 44.9 Å². The Labute approximate surface area is 131 Å². The van der Waals surface area contributed by atoms with Crippen molar-refractivity contribution in [2.75, 3.05) is 12.1 Å². The highest BCUT2D eigenvalue weighted by molar-refractivity contribution is 6.12. The van der Waals surface area contributed by atoms with E-state index in [9.17, 15) is 4.79 Å². The van der Waals surface area contributed by atoms with Crippen LogP contribution in [0.1, 0.15) is 52.2 Å². The number of hydrogen-bond acceptors (Lipinski definition) is 4. The summed E-state index contributed by atoms with van der Waals surface area (Å²) in [6.45, 7) is 10.4. The summed E-state index contributed by atoms with van der Waals surface area (Å²) in [5, 5.41) is 7.86. The lowest BCUT2D eigenvalue weighted by molar-refractivity contribution is -0.241. The second-order valence-electron chi connectivity index (χ2n) is 7.04. The Bertz CT molecular complexity index is 676. The Morgan fingerprint density at radius 2 is 1.77 bits per heavy atom. The predicted molar refractivity (Wildman–Crippen MR) is 86.6 cm³/mol. The number of carbonyl (C=O) groups excluding carboxylic acids is 1. The third kappa shape index (κ3) is 1.92. The summed E-state index contributed by atoms with van der Waals surface area (Å²) < 4.78 is 0. The zero-order valence-electron chi connectivity index (χ0n) is 14.1. The van der Waals surface area contributed by atoms with Gasteiger partial charge >= 0.3 is 0 Å². The lowest BCUT2D eigenvalue weighted by Gasteiger charge is -2.38. The molecule has 2 heterocycles. The van der Waals surface area contributed by atoms with E-state index in [1.807, 2.05) is 18.1 Å². The lowest BCUT2D eigenvalue weighted by Crippen LogP contribution is -2.44. The Hall–Kier alpha value is -1.72. The van der Waals surface area contributed by atoms with Gasteiger partial charge in [0.25, 0.3) is 5.91 Å². The number of amides is 1. The summed E-state index contributed by atoms with van der Waals surface area (Å²) in [7, 11) is 1.70. The second kappa shape index (κ2) is 4.64. The number of nitrogens with zero attached hydrogens (tertiary/aromatic N) is 3. The van der Waals surface area contributed by atoms with Gasteiger partial charge in [-0.2, -0.15) is 10.2 Å². The molecule has 2 aliphatic rings. The Morgan fingerprint density at radius 3 is 2.32 bits per heavy atom. The molecule has 0 atom stereocenters. The SMILES string of the molecule is CON1C(C)(C)c2ccc(N3N=C(C)CC3=O)cc2C1(C)C. The first kappa shape index (κ1) is 15.2. The van der Waals surface area contributed by atoms with Crippen LogP contribution in [0.25, 0.3) is 0 Å². The first-order chi connectivity index (χ1) is 10.2. The zero-order valence-corrected chi connectivity index (χ0v) is 14.1. The van der Waals surface area contributed by atoms with E-state index in [4.69, 9.17) is 4.84 Å². The predicted octanol–water partition coefficient (Wildman–Crippen LogP) is 3.15. The van der Waals surface area contributed by atoms with Gasteiger partial charge in [-0.3, -0.25) is 4.79 Å². The first-order valence-electron chi connectivity index (χ1n) is 7.56. The average Bonchev–Trinajstić information content (AvgIpc) is 2.83. The van der Waals surface area contributed by atoms with Crippen LogP contribution in [0.5, 0.6) is 0 Å². The van der Waals surface area contributed by atoms with Crippen molar-refractivity contribution in [1.82, 2.24) is 5.06 Å². The monoisotopic (exact) mass is 301 g/mol. The molecule has 0 N–H and O–H groups in total. The molecule has 0 radical (unpaired) electrons. The molecule has 0 saturated heterocycles. The van der Waals surface area contributed by atoms with Gasteiger partial charge in [-0.1, -0.05) is 6.07 Å². The van der Waals surface area contributed by atoms with Gasteiger partial charge < -0.3 is 4.84 Å². The van der Waals surface area contributed by atoms with E-state index in [-0.39, 0.29) is 17.0 Å². The minimum Gasteiger partial charge on any atom is -0.301 e. The zero-order chi connectivity index (χ0) is 16.3. The molecule has 0 aromatic heterocycles. The van der Waals surface area contributed by atoms with Crippen molar-refractivity contribution in [3.63, 3.8) is 0 Å². The highest BCUT2D eigenvalue weighted by Gasteiger charge is 2.50. The molecule has 1 aromatic rings. The fourth-order valence-corrected chi connectivity index (χ4v) is 3.83. The van der Waals surface area contributed by atoms with E-state index in [0.717, 1.165) is 11.4 Å². The maximum absolute atomic E-state index is 12.1. The molecule has 0 saturated carbocycles. The molecular weight excluding hydrogens is 278 g/mol. The van der Waals surface area contributed by atoms with E-state index < -0.39 is 0 Å². The highest BCUT2D eigenvalue weighted by atomic mass is 16.7. The molecule has 0 fully saturated rings. The molecule has 1 amide bonds. The van der Waals surface area contributed by atoms with E-state index in [1.54, 1.807) is 7.11 Å². The van der Waals surface area contributed by atoms with Crippen LogP contribution in [0.3, 0.4) is 0 Å². The summed E-state index contributed by atoms with van der Waals surface area (Å²) in [5.74, 6) is 0.0242. The highest BCUT2D eigenvalue weighted by Crippen LogP contribution is 2.50. The van der Waals surface area contributed by atoms with Gasteiger partial charge in [0.2, 0.25) is 0 Å². The van der Waals surface area contributed by atoms with Gasteiger partial charge in [-0.25, -0.2) is 5.01 Å². The van der Waals surface area contributed by atoms with Gasteiger partial charge in [0.15, 0.2) is 0 Å². The minimum absolute atomic E-state index is 0.0242. The van der Waals surface area contributed by atoms with Gasteiger partial charge in [0, 0.05) is 5.71 Å². The molecule has 3 rings (SSSR count). The van der Waals surface area contributed by atoms with Crippen LogP contribution in [0.4, 0.5) is 5.69 Å². The van der Waals surface area contributed by atoms with Crippen molar-refractivity contribution in [2.24, 2.45) is 5.10 Å². The first-order valence-corrected chi connectivity index (χ1v) is 7.56. The van der Waals surface area contributed by atoms with Crippen LogP contribution in [-0.2, 0) is 20.7 Å². The van der Waals surface area contributed by atoms with Crippen molar-refractivity contribution in [1.29, 1.82) is 0 Å². The smallest absolute Gasteiger partial charge is 0.253 e. The molecule has 0 unspecified atom stereocenters. The fraction of sp³-hybridized carbons (Fsp3) is 0.529. The number of benzene rings is 1. The van der Waals surface area contributed by atoms with Crippen LogP contribution in [-0.4, -0.2) is 23.8 Å². The molecule has 1 aromatic carbocycles. The quantitative estimate of drug-likeness (QED) is 0.843. The number of hydroxylamine groups is 2. The van der Waals surface area contributed by atoms with E-state index in [0.29, 0.717) is 6.42 Å². The normalized spacial score (nSPS) is 22.9. The average molecular weight is 301 g/mol. The third-order valence-corrected chi connectivity index (χ3v) is 4.68. The molecule has 5 heteroatoms. The van der Waals surface area contributed by atoms with Crippen molar-refractivity contribution in [3.05, 3.63) is 29.3 Å². The van der Waals surface area contributed by atoms with Gasteiger partial charge in [0.05, 0.1) is 30.3 Å². The molecule has 118 valence electrons. The maximum Gasteiger partial charge on any atom is 0.253 e. The number of hydrazone groups is 1. The number of anilines is 1. The molecular formula is C17H23N3O2. The van der Waals surface area contributed by atoms with Crippen molar-refractivity contribution < 1.29 is 9.63 Å². The molecule has 2 aliphatic heterocycles. The minimum atomic E-state index is -0.273. The molecule has 0 bridgehead atoms. The largest absolute Gasteiger partial charge is 0.301 e. The second-order valence-corrected chi connectivity index (χ2v) is 7.04. The molecule has 0 aliphatic carbocycles.